The van der Waals surface area contributed by atoms with Gasteiger partial charge in [-0.2, -0.15) is 0 Å². The van der Waals surface area contributed by atoms with Gasteiger partial charge in [-0.1, -0.05) is 19.9 Å². The molecule has 2 N–H and O–H groups in total. The average Bonchev–Trinajstić information content (AvgIpc) is 3.28. The number of nitrogens with one attached hydrogen (secondary N) is 2. The molecule has 5 rings (SSSR count). The van der Waals surface area contributed by atoms with Crippen LogP contribution in [0, 0.1) is 6.92 Å². The Labute approximate surface area is 243 Å². The number of aromatic amines is 1. The highest BCUT2D eigenvalue weighted by Gasteiger charge is 2.30. The number of rotatable bonds is 8. The predicted molar refractivity (Wildman–Crippen MR) is 167 cm³/mol. The standard InChI is InChI=1S/C33H42N6O2/c1-7-8-25-15-22(4)36-33(41)29(25)20-35-32(40)28-17-26(18-30-27(28)16-23(5)39(30)21(2)3)24-9-10-34-31(19-24)38-13-11-37(6)12-14-38/h9-10,15,17-19,21H,5,7-8,11-14,16,20H2,1-4,6H3,(H,35,40)(H,36,41). The number of amides is 1. The predicted octanol–water partition coefficient (Wildman–Crippen LogP) is 4.66. The first kappa shape index (κ1) is 28.6. The first-order chi connectivity index (χ1) is 19.7. The summed E-state index contributed by atoms with van der Waals surface area (Å²) >= 11 is 0. The monoisotopic (exact) mass is 554 g/mol. The van der Waals surface area contributed by atoms with Crippen LogP contribution >= 0.6 is 0 Å². The molecule has 0 bridgehead atoms. The van der Waals surface area contributed by atoms with E-state index in [0.29, 0.717) is 17.5 Å². The number of likely N-dealkylation sites (N-methyl/N-ethyl adjacent to an activating group) is 1. The molecule has 216 valence electrons. The fourth-order valence-corrected chi connectivity index (χ4v) is 6.07. The van der Waals surface area contributed by atoms with Crippen LogP contribution in [0.5, 0.6) is 0 Å². The summed E-state index contributed by atoms with van der Waals surface area (Å²) < 4.78 is 0. The Bertz CT molecular complexity index is 1520. The number of carbonyl (C=O) groups is 1. The van der Waals surface area contributed by atoms with Crippen molar-refractivity contribution in [2.75, 3.05) is 43.0 Å². The zero-order chi connectivity index (χ0) is 29.3. The third-order valence-electron chi connectivity index (χ3n) is 8.18. The first-order valence-electron chi connectivity index (χ1n) is 14.7. The molecule has 4 heterocycles. The van der Waals surface area contributed by atoms with Crippen LogP contribution in [0.1, 0.15) is 59.9 Å². The Balaban J connectivity index is 1.51. The van der Waals surface area contributed by atoms with Crippen molar-refractivity contribution in [3.63, 3.8) is 0 Å². The van der Waals surface area contributed by atoms with E-state index >= 15 is 0 Å². The van der Waals surface area contributed by atoms with Crippen molar-refractivity contribution in [1.82, 2.24) is 20.2 Å². The topological polar surface area (TPSA) is 84.6 Å². The summed E-state index contributed by atoms with van der Waals surface area (Å²) in [5.74, 6) is 0.770. The molecule has 0 saturated carbocycles. The van der Waals surface area contributed by atoms with Gasteiger partial charge in [-0.3, -0.25) is 9.59 Å². The van der Waals surface area contributed by atoms with E-state index in [1.54, 1.807) is 0 Å². The Morgan fingerprint density at radius 2 is 1.88 bits per heavy atom. The maximum atomic E-state index is 13.8. The van der Waals surface area contributed by atoms with E-state index in [0.717, 1.165) is 84.2 Å². The lowest BCUT2D eigenvalue weighted by Crippen LogP contribution is -2.44. The van der Waals surface area contributed by atoms with Crippen molar-refractivity contribution in [2.45, 2.75) is 59.5 Å². The molecule has 0 spiro atoms. The van der Waals surface area contributed by atoms with Crippen LogP contribution in [0.3, 0.4) is 0 Å². The smallest absolute Gasteiger partial charge is 0.253 e. The van der Waals surface area contributed by atoms with Crippen LogP contribution in [-0.4, -0.2) is 60.0 Å². The number of hydrogen-bond donors (Lipinski definition) is 2. The van der Waals surface area contributed by atoms with Gasteiger partial charge in [0.2, 0.25) is 0 Å². The lowest BCUT2D eigenvalue weighted by molar-refractivity contribution is 0.0950. The number of hydrogen-bond acceptors (Lipinski definition) is 6. The van der Waals surface area contributed by atoms with E-state index < -0.39 is 0 Å². The average molecular weight is 555 g/mol. The fourth-order valence-electron chi connectivity index (χ4n) is 6.07. The maximum absolute atomic E-state index is 13.8. The Hall–Kier alpha value is -3.91. The number of benzene rings is 1. The van der Waals surface area contributed by atoms with Gasteiger partial charge < -0.3 is 25.0 Å². The number of pyridine rings is 2. The van der Waals surface area contributed by atoms with Gasteiger partial charge >= 0.3 is 0 Å². The number of aromatic nitrogens is 2. The van der Waals surface area contributed by atoms with Crippen LogP contribution in [0.2, 0.25) is 0 Å². The number of allylic oxidation sites excluding steroid dienone is 1. The zero-order valence-corrected chi connectivity index (χ0v) is 25.0. The molecule has 1 fully saturated rings. The van der Waals surface area contributed by atoms with Crippen LogP contribution in [0.4, 0.5) is 11.5 Å². The highest BCUT2D eigenvalue weighted by molar-refractivity contribution is 6.00. The number of carbonyl (C=O) groups excluding carboxylic acids is 1. The van der Waals surface area contributed by atoms with Crippen molar-refractivity contribution in [3.05, 3.63) is 87.1 Å². The summed E-state index contributed by atoms with van der Waals surface area (Å²) in [6.45, 7) is 16.7. The molecular formula is C33H42N6O2. The summed E-state index contributed by atoms with van der Waals surface area (Å²) in [7, 11) is 2.15. The minimum absolute atomic E-state index is 0.139. The van der Waals surface area contributed by atoms with Crippen molar-refractivity contribution < 1.29 is 4.79 Å². The van der Waals surface area contributed by atoms with E-state index in [1.165, 1.54) is 0 Å². The molecule has 0 radical (unpaired) electrons. The second kappa shape index (κ2) is 11.9. The summed E-state index contributed by atoms with van der Waals surface area (Å²) in [4.78, 5) is 41.1. The number of piperazine rings is 1. The minimum atomic E-state index is -0.183. The minimum Gasteiger partial charge on any atom is -0.354 e. The summed E-state index contributed by atoms with van der Waals surface area (Å²) in [6, 6.07) is 10.5. The van der Waals surface area contributed by atoms with Crippen molar-refractivity contribution in [1.29, 1.82) is 0 Å². The number of fused-ring (bicyclic) bond motifs is 1. The fraction of sp³-hybridized carbons (Fsp3) is 0.424. The Morgan fingerprint density at radius 1 is 1.12 bits per heavy atom. The van der Waals surface area contributed by atoms with E-state index in [9.17, 15) is 9.59 Å². The molecule has 2 aliphatic rings. The van der Waals surface area contributed by atoms with Crippen molar-refractivity contribution in [3.8, 4) is 11.1 Å². The number of anilines is 2. The SMILES string of the molecule is C=C1Cc2c(C(=O)NCc3c(CCC)cc(C)[nH]c3=O)cc(-c3ccnc(N4CCN(C)CC4)c3)cc2N1C(C)C. The van der Waals surface area contributed by atoms with Gasteiger partial charge in [0.1, 0.15) is 5.82 Å². The molecule has 0 aliphatic carbocycles. The molecular weight excluding hydrogens is 512 g/mol. The van der Waals surface area contributed by atoms with E-state index in [-0.39, 0.29) is 24.1 Å². The van der Waals surface area contributed by atoms with E-state index in [2.05, 4.69) is 76.5 Å². The van der Waals surface area contributed by atoms with Gasteiger partial charge in [0.15, 0.2) is 0 Å². The van der Waals surface area contributed by atoms with E-state index in [1.807, 2.05) is 31.3 Å². The number of nitrogens with zero attached hydrogens (tertiary/aromatic N) is 4. The maximum Gasteiger partial charge on any atom is 0.253 e. The third kappa shape index (κ3) is 5.93. The molecule has 1 amide bonds. The second-order valence-electron chi connectivity index (χ2n) is 11.6. The summed E-state index contributed by atoms with van der Waals surface area (Å²) in [5.41, 5.74) is 7.89. The van der Waals surface area contributed by atoms with Gasteiger partial charge in [-0.05, 0) is 86.8 Å². The van der Waals surface area contributed by atoms with Gasteiger partial charge in [-0.25, -0.2) is 4.98 Å². The molecule has 1 saturated heterocycles. The molecule has 8 nitrogen and oxygen atoms in total. The summed E-state index contributed by atoms with van der Waals surface area (Å²) in [6.07, 6.45) is 4.19. The molecule has 0 unspecified atom stereocenters. The van der Waals surface area contributed by atoms with Crippen LogP contribution in [0.15, 0.2) is 53.6 Å². The lowest BCUT2D eigenvalue weighted by Gasteiger charge is -2.33. The van der Waals surface area contributed by atoms with Gasteiger partial charge in [0, 0.05) is 79.6 Å². The van der Waals surface area contributed by atoms with Crippen LogP contribution < -0.4 is 20.7 Å². The lowest BCUT2D eigenvalue weighted by atomic mass is 9.96. The van der Waals surface area contributed by atoms with Crippen molar-refractivity contribution in [2.24, 2.45) is 0 Å². The number of H-pyrrole nitrogens is 1. The van der Waals surface area contributed by atoms with Crippen LogP contribution in [0.25, 0.3) is 11.1 Å². The normalized spacial score (nSPS) is 15.5. The number of aryl methyl sites for hydroxylation is 2. The summed E-state index contributed by atoms with van der Waals surface area (Å²) in [5, 5.41) is 3.08. The van der Waals surface area contributed by atoms with E-state index in [4.69, 9.17) is 0 Å². The molecule has 3 aromatic rings. The Kier molecular flexibility index (Phi) is 8.31. The highest BCUT2D eigenvalue weighted by atomic mass is 16.1. The molecule has 2 aromatic heterocycles. The van der Waals surface area contributed by atoms with Gasteiger partial charge in [0.25, 0.3) is 11.5 Å². The largest absolute Gasteiger partial charge is 0.354 e. The highest BCUT2D eigenvalue weighted by Crippen LogP contribution is 2.41. The Morgan fingerprint density at radius 3 is 2.59 bits per heavy atom. The molecule has 41 heavy (non-hydrogen) atoms. The van der Waals surface area contributed by atoms with Gasteiger partial charge in [-0.15, -0.1) is 0 Å². The van der Waals surface area contributed by atoms with Crippen LogP contribution in [-0.2, 0) is 19.4 Å². The first-order valence-corrected chi connectivity index (χ1v) is 14.7. The third-order valence-corrected chi connectivity index (χ3v) is 8.18. The molecule has 2 aliphatic heterocycles. The van der Waals surface area contributed by atoms with Gasteiger partial charge in [0.05, 0.1) is 0 Å². The zero-order valence-electron chi connectivity index (χ0n) is 25.0. The quantitative estimate of drug-likeness (QED) is 0.421. The second-order valence-corrected chi connectivity index (χ2v) is 11.6. The molecule has 0 atom stereocenters. The molecule has 8 heteroatoms. The molecule has 1 aromatic carbocycles. The van der Waals surface area contributed by atoms with Crippen molar-refractivity contribution >= 4 is 17.4 Å².